The Bertz CT molecular complexity index is 395. The van der Waals surface area contributed by atoms with Crippen molar-refractivity contribution in [2.75, 3.05) is 0 Å². The van der Waals surface area contributed by atoms with Gasteiger partial charge in [0.1, 0.15) is 6.10 Å². The molecule has 0 aromatic carbocycles. The van der Waals surface area contributed by atoms with Crippen molar-refractivity contribution in [3.05, 3.63) is 43.8 Å². The molecule has 0 aliphatic heterocycles. The molecule has 1 unspecified atom stereocenters. The van der Waals surface area contributed by atoms with E-state index >= 15 is 0 Å². The minimum atomic E-state index is -0.446. The van der Waals surface area contributed by atoms with Crippen LogP contribution in [0.1, 0.15) is 27.0 Å². The van der Waals surface area contributed by atoms with Gasteiger partial charge in [-0.2, -0.15) is 11.3 Å². The van der Waals surface area contributed by atoms with Crippen LogP contribution in [0.2, 0.25) is 0 Å². The third kappa shape index (κ3) is 1.75. The maximum atomic E-state index is 10.0. The highest BCUT2D eigenvalue weighted by Gasteiger charge is 2.13. The summed E-state index contributed by atoms with van der Waals surface area (Å²) < 4.78 is 0. The van der Waals surface area contributed by atoms with Gasteiger partial charge in [0.2, 0.25) is 0 Å². The Morgan fingerprint density at radius 2 is 2.14 bits per heavy atom. The number of aliphatic hydroxyl groups excluding tert-OH is 1. The second-order valence-corrected chi connectivity index (χ2v) is 5.42. The topological polar surface area (TPSA) is 20.2 Å². The lowest BCUT2D eigenvalue weighted by molar-refractivity contribution is 0.224. The number of rotatable bonds is 2. The summed E-state index contributed by atoms with van der Waals surface area (Å²) >= 11 is 3.29. The Balaban J connectivity index is 2.32. The first-order chi connectivity index (χ1) is 6.68. The second kappa shape index (κ2) is 3.85. The molecule has 0 radical (unpaired) electrons. The van der Waals surface area contributed by atoms with Gasteiger partial charge < -0.3 is 5.11 Å². The minimum absolute atomic E-state index is 0.446. The molecule has 1 nitrogen and oxygen atoms in total. The van der Waals surface area contributed by atoms with Gasteiger partial charge in [0.25, 0.3) is 0 Å². The molecule has 0 amide bonds. The summed E-state index contributed by atoms with van der Waals surface area (Å²) in [5.74, 6) is 0. The van der Waals surface area contributed by atoms with Crippen molar-refractivity contribution in [2.24, 2.45) is 0 Å². The van der Waals surface area contributed by atoms with Crippen molar-refractivity contribution in [3.8, 4) is 0 Å². The van der Waals surface area contributed by atoms with Crippen LogP contribution >= 0.6 is 22.7 Å². The van der Waals surface area contributed by atoms with Gasteiger partial charge in [-0.05, 0) is 47.9 Å². The van der Waals surface area contributed by atoms with Gasteiger partial charge in [0.05, 0.1) is 0 Å². The van der Waals surface area contributed by atoms with Gasteiger partial charge in [-0.1, -0.05) is 0 Å². The number of thiophene rings is 2. The highest BCUT2D eigenvalue weighted by atomic mass is 32.1. The van der Waals surface area contributed by atoms with Crippen molar-refractivity contribution < 1.29 is 5.11 Å². The third-order valence-electron chi connectivity index (χ3n) is 2.31. The molecule has 2 aromatic rings. The quantitative estimate of drug-likeness (QED) is 0.827. The summed E-state index contributed by atoms with van der Waals surface area (Å²) in [6.07, 6.45) is -0.446. The molecule has 0 fully saturated rings. The van der Waals surface area contributed by atoms with Gasteiger partial charge in [-0.3, -0.25) is 0 Å². The predicted molar refractivity (Wildman–Crippen MR) is 62.2 cm³/mol. The zero-order valence-corrected chi connectivity index (χ0v) is 9.78. The monoisotopic (exact) mass is 224 g/mol. The van der Waals surface area contributed by atoms with Gasteiger partial charge in [0, 0.05) is 9.75 Å². The first-order valence-corrected chi connectivity index (χ1v) is 6.21. The number of hydrogen-bond donors (Lipinski definition) is 1. The van der Waals surface area contributed by atoms with E-state index in [4.69, 9.17) is 0 Å². The smallest absolute Gasteiger partial charge is 0.114 e. The fourth-order valence-corrected chi connectivity index (χ4v) is 3.07. The fraction of sp³-hybridized carbons (Fsp3) is 0.273. The SMILES string of the molecule is Cc1cc(C(O)c2ccsc2)sc1C. The maximum absolute atomic E-state index is 10.0. The lowest BCUT2D eigenvalue weighted by atomic mass is 10.1. The van der Waals surface area contributed by atoms with Crippen LogP contribution in [0.3, 0.4) is 0 Å². The molecular formula is C11H12OS2. The number of aryl methyl sites for hydroxylation is 2. The van der Waals surface area contributed by atoms with Crippen LogP contribution in [0.25, 0.3) is 0 Å². The average molecular weight is 224 g/mol. The highest BCUT2D eigenvalue weighted by Crippen LogP contribution is 2.31. The molecule has 3 heteroatoms. The molecule has 0 spiro atoms. The Kier molecular flexibility index (Phi) is 2.72. The molecule has 1 atom stereocenters. The Hall–Kier alpha value is -0.640. The zero-order valence-electron chi connectivity index (χ0n) is 8.15. The fourth-order valence-electron chi connectivity index (χ4n) is 1.33. The Morgan fingerprint density at radius 3 is 2.64 bits per heavy atom. The molecule has 74 valence electrons. The van der Waals surface area contributed by atoms with E-state index < -0.39 is 6.10 Å². The van der Waals surface area contributed by atoms with Crippen molar-refractivity contribution in [3.63, 3.8) is 0 Å². The van der Waals surface area contributed by atoms with E-state index in [2.05, 4.69) is 19.9 Å². The lowest BCUT2D eigenvalue weighted by Gasteiger charge is -2.04. The van der Waals surface area contributed by atoms with E-state index in [1.165, 1.54) is 10.4 Å². The molecule has 2 rings (SSSR count). The molecule has 0 saturated heterocycles. The number of hydrogen-bond acceptors (Lipinski definition) is 3. The summed E-state index contributed by atoms with van der Waals surface area (Å²) in [6.45, 7) is 4.17. The molecule has 0 aliphatic rings. The molecular weight excluding hydrogens is 212 g/mol. The van der Waals surface area contributed by atoms with Gasteiger partial charge >= 0.3 is 0 Å². The molecule has 0 bridgehead atoms. The summed E-state index contributed by atoms with van der Waals surface area (Å²) in [4.78, 5) is 2.33. The highest BCUT2D eigenvalue weighted by molar-refractivity contribution is 7.12. The molecule has 0 saturated carbocycles. The van der Waals surface area contributed by atoms with E-state index in [0.29, 0.717) is 0 Å². The van der Waals surface area contributed by atoms with Crippen LogP contribution in [0, 0.1) is 13.8 Å². The largest absolute Gasteiger partial charge is 0.383 e. The lowest BCUT2D eigenvalue weighted by Crippen LogP contribution is -1.93. The van der Waals surface area contributed by atoms with Crippen LogP contribution in [0.5, 0.6) is 0 Å². The van der Waals surface area contributed by atoms with Gasteiger partial charge in [-0.15, -0.1) is 11.3 Å². The Morgan fingerprint density at radius 1 is 1.36 bits per heavy atom. The van der Waals surface area contributed by atoms with Crippen molar-refractivity contribution in [1.29, 1.82) is 0 Å². The standard InChI is InChI=1S/C11H12OS2/c1-7-5-10(14-8(7)2)11(12)9-3-4-13-6-9/h3-6,11-12H,1-2H3. The first-order valence-electron chi connectivity index (χ1n) is 4.45. The predicted octanol–water partition coefficient (Wildman–Crippen LogP) is 3.51. The van der Waals surface area contributed by atoms with Crippen LogP contribution in [0.4, 0.5) is 0 Å². The molecule has 2 heterocycles. The molecule has 2 aromatic heterocycles. The van der Waals surface area contributed by atoms with Gasteiger partial charge in [0.15, 0.2) is 0 Å². The third-order valence-corrected chi connectivity index (χ3v) is 4.22. The normalized spacial score (nSPS) is 13.1. The number of aliphatic hydroxyl groups is 1. The first kappa shape index (κ1) is 9.90. The van der Waals surface area contributed by atoms with Crippen LogP contribution in [-0.2, 0) is 0 Å². The minimum Gasteiger partial charge on any atom is -0.383 e. The summed E-state index contributed by atoms with van der Waals surface area (Å²) in [7, 11) is 0. The van der Waals surface area contributed by atoms with Crippen LogP contribution in [0.15, 0.2) is 22.9 Å². The maximum Gasteiger partial charge on any atom is 0.114 e. The summed E-state index contributed by atoms with van der Waals surface area (Å²) in [5, 5.41) is 14.0. The second-order valence-electron chi connectivity index (χ2n) is 3.35. The van der Waals surface area contributed by atoms with Crippen molar-refractivity contribution in [2.45, 2.75) is 20.0 Å². The zero-order chi connectivity index (χ0) is 10.1. The van der Waals surface area contributed by atoms with E-state index in [1.54, 1.807) is 22.7 Å². The molecule has 0 aliphatic carbocycles. The molecule has 14 heavy (non-hydrogen) atoms. The summed E-state index contributed by atoms with van der Waals surface area (Å²) in [5.41, 5.74) is 2.26. The van der Waals surface area contributed by atoms with E-state index in [1.807, 2.05) is 16.8 Å². The molecule has 1 N–H and O–H groups in total. The van der Waals surface area contributed by atoms with Crippen molar-refractivity contribution in [1.82, 2.24) is 0 Å². The van der Waals surface area contributed by atoms with Gasteiger partial charge in [-0.25, -0.2) is 0 Å². The van der Waals surface area contributed by atoms with E-state index in [-0.39, 0.29) is 0 Å². The van der Waals surface area contributed by atoms with E-state index in [9.17, 15) is 5.11 Å². The Labute approximate surface area is 91.7 Å². The van der Waals surface area contributed by atoms with Crippen LogP contribution < -0.4 is 0 Å². The van der Waals surface area contributed by atoms with Crippen LogP contribution in [-0.4, -0.2) is 5.11 Å². The average Bonchev–Trinajstić information content (AvgIpc) is 2.76. The van der Waals surface area contributed by atoms with Crippen molar-refractivity contribution >= 4 is 22.7 Å². The van der Waals surface area contributed by atoms with E-state index in [0.717, 1.165) is 10.4 Å². The summed E-state index contributed by atoms with van der Waals surface area (Å²) in [6, 6.07) is 4.04.